The van der Waals surface area contributed by atoms with E-state index in [4.69, 9.17) is 32.7 Å². The molecule has 14 heteroatoms. The number of likely N-dealkylation sites (N-methyl/N-ethyl adjacent to an activating group) is 1. The maximum Gasteiger partial charge on any atom is 0.410 e. The minimum Gasteiger partial charge on any atom is -0.444 e. The van der Waals surface area contributed by atoms with E-state index in [1.54, 1.807) is 48.6 Å². The van der Waals surface area contributed by atoms with Crippen molar-refractivity contribution in [2.45, 2.75) is 110 Å². The van der Waals surface area contributed by atoms with Crippen molar-refractivity contribution in [3.8, 4) is 0 Å². The summed E-state index contributed by atoms with van der Waals surface area (Å²) in [5.74, 6) is -1.28. The van der Waals surface area contributed by atoms with Crippen molar-refractivity contribution in [3.63, 3.8) is 0 Å². The van der Waals surface area contributed by atoms with Gasteiger partial charge in [0, 0.05) is 31.6 Å². The molecule has 0 spiro atoms. The third kappa shape index (κ3) is 14.0. The SMILES string of the molecule is CC(C)(C)OC(=O)N1CCCC[C@H]1C(=O)Cc1ccc(F)cc1Cl.CI.CN(C(=O)[C@@H]1CCCCN1C(=O)OC(C)(C)C)c1ccc(F)cc1Cl. The number of likely N-dealkylation sites (tertiary alicyclic amines) is 2. The molecule has 2 aliphatic rings. The van der Waals surface area contributed by atoms with Gasteiger partial charge >= 0.3 is 12.2 Å². The number of hydrogen-bond donors (Lipinski definition) is 0. The monoisotopic (exact) mass is 867 g/mol. The van der Waals surface area contributed by atoms with Crippen LogP contribution in [0, 0.1) is 11.6 Å². The van der Waals surface area contributed by atoms with E-state index in [9.17, 15) is 28.0 Å². The zero-order valence-corrected chi connectivity index (χ0v) is 34.3. The number of halogens is 5. The molecule has 0 saturated carbocycles. The first-order valence-corrected chi connectivity index (χ1v) is 19.7. The fraction of sp³-hybridized carbons (Fsp3) is 0.568. The number of nitrogens with zero attached hydrogens (tertiary/aromatic N) is 3. The Morgan fingerprint density at radius 1 is 0.765 bits per heavy atom. The molecule has 4 rings (SSSR count). The van der Waals surface area contributed by atoms with Gasteiger partial charge in [-0.05, 0) is 121 Å². The van der Waals surface area contributed by atoms with E-state index < -0.39 is 47.1 Å². The highest BCUT2D eigenvalue weighted by Gasteiger charge is 2.37. The molecule has 2 fully saturated rings. The van der Waals surface area contributed by atoms with Gasteiger partial charge in [0.25, 0.3) is 0 Å². The van der Waals surface area contributed by atoms with Crippen LogP contribution < -0.4 is 4.90 Å². The molecule has 2 saturated heterocycles. The van der Waals surface area contributed by atoms with Gasteiger partial charge in [0.1, 0.15) is 28.9 Å². The van der Waals surface area contributed by atoms with Crippen LogP contribution >= 0.6 is 45.8 Å². The highest BCUT2D eigenvalue weighted by atomic mass is 127. The Morgan fingerprint density at radius 3 is 1.69 bits per heavy atom. The van der Waals surface area contributed by atoms with Crippen LogP contribution in [-0.4, -0.2) is 82.0 Å². The van der Waals surface area contributed by atoms with Crippen LogP contribution in [0.5, 0.6) is 0 Å². The van der Waals surface area contributed by atoms with Gasteiger partial charge in [-0.1, -0.05) is 51.9 Å². The van der Waals surface area contributed by atoms with E-state index in [2.05, 4.69) is 22.6 Å². The highest BCUT2D eigenvalue weighted by molar-refractivity contribution is 14.1. The van der Waals surface area contributed by atoms with Crippen LogP contribution in [0.1, 0.15) is 85.6 Å². The average molecular weight is 869 g/mol. The summed E-state index contributed by atoms with van der Waals surface area (Å²) in [6, 6.07) is 6.71. The van der Waals surface area contributed by atoms with Gasteiger partial charge in [-0.15, -0.1) is 0 Å². The Hall–Kier alpha value is -2.71. The molecule has 0 bridgehead atoms. The summed E-state index contributed by atoms with van der Waals surface area (Å²) in [7, 11) is 1.57. The summed E-state index contributed by atoms with van der Waals surface area (Å²) >= 11 is 14.2. The maximum atomic E-state index is 13.2. The number of ketones is 1. The van der Waals surface area contributed by atoms with E-state index in [-0.39, 0.29) is 28.2 Å². The maximum absolute atomic E-state index is 13.2. The lowest BCUT2D eigenvalue weighted by atomic mass is 9.95. The second kappa shape index (κ2) is 19.9. The van der Waals surface area contributed by atoms with E-state index in [1.807, 2.05) is 4.93 Å². The highest BCUT2D eigenvalue weighted by Crippen LogP contribution is 2.29. The average Bonchev–Trinajstić information content (AvgIpc) is 3.05. The standard InChI is InChI=1S/C18H24ClFN2O3.C18H23ClFNO3.CH3I/c1-18(2,3)25-17(24)22-10-6-5-7-15(22)16(23)21(4)14-9-8-12(20)11-13(14)19;1-18(2,3)24-17(23)21-9-5-4-6-15(21)16(22)10-12-7-8-13(20)11-14(12)19;1-2/h8-9,11,15H,5-7,10H2,1-4H3;7-8,11,15H,4-6,9-10H2,1-3H3;1H3/t2*15-;/m00./s1. The number of piperidine rings is 2. The number of benzene rings is 2. The van der Waals surface area contributed by atoms with Crippen LogP contribution in [0.4, 0.5) is 24.1 Å². The second-order valence-electron chi connectivity index (χ2n) is 14.2. The first-order valence-electron chi connectivity index (χ1n) is 16.8. The van der Waals surface area contributed by atoms with Gasteiger partial charge in [-0.25, -0.2) is 18.4 Å². The van der Waals surface area contributed by atoms with Crippen LogP contribution in [0.25, 0.3) is 0 Å². The Morgan fingerprint density at radius 2 is 1.22 bits per heavy atom. The Balaban J connectivity index is 0.000000337. The summed E-state index contributed by atoms with van der Waals surface area (Å²) < 4.78 is 37.2. The van der Waals surface area contributed by atoms with Gasteiger partial charge in [-0.2, -0.15) is 0 Å². The minimum absolute atomic E-state index is 0.0725. The first kappa shape index (κ1) is 44.5. The van der Waals surface area contributed by atoms with E-state index in [1.165, 1.54) is 45.0 Å². The number of rotatable bonds is 5. The number of ether oxygens (including phenoxy) is 2. The van der Waals surface area contributed by atoms with Crippen molar-refractivity contribution in [1.29, 1.82) is 0 Å². The molecule has 0 N–H and O–H groups in total. The van der Waals surface area contributed by atoms with Gasteiger partial charge in [0.05, 0.1) is 16.8 Å². The number of alkyl halides is 1. The van der Waals surface area contributed by atoms with E-state index in [0.29, 0.717) is 37.2 Å². The molecule has 284 valence electrons. The summed E-state index contributed by atoms with van der Waals surface area (Å²) in [6.07, 6.45) is 3.67. The van der Waals surface area contributed by atoms with Gasteiger partial charge in [-0.3, -0.25) is 19.4 Å². The molecule has 0 aliphatic carbocycles. The van der Waals surface area contributed by atoms with Crippen LogP contribution in [0.15, 0.2) is 36.4 Å². The van der Waals surface area contributed by atoms with E-state index in [0.717, 1.165) is 31.7 Å². The van der Waals surface area contributed by atoms with Crippen molar-refractivity contribution >= 4 is 75.4 Å². The molecular weight excluding hydrogens is 818 g/mol. The molecule has 51 heavy (non-hydrogen) atoms. The van der Waals surface area contributed by atoms with Gasteiger partial charge in [0.15, 0.2) is 5.78 Å². The molecule has 9 nitrogen and oxygen atoms in total. The molecule has 0 unspecified atom stereocenters. The molecule has 3 amide bonds. The zero-order valence-electron chi connectivity index (χ0n) is 30.7. The smallest absolute Gasteiger partial charge is 0.410 e. The molecule has 2 aliphatic heterocycles. The molecule has 2 aromatic rings. The Labute approximate surface area is 324 Å². The van der Waals surface area contributed by atoms with Crippen molar-refractivity contribution in [2.24, 2.45) is 0 Å². The van der Waals surface area contributed by atoms with Crippen molar-refractivity contribution < 1.29 is 37.4 Å². The Kier molecular flexibility index (Phi) is 17.4. The predicted octanol–water partition coefficient (Wildman–Crippen LogP) is 9.66. The summed E-state index contributed by atoms with van der Waals surface area (Å²) in [6.45, 7) is 11.7. The molecular formula is C37H50Cl2F2IN3O6. The molecule has 0 aromatic heterocycles. The van der Waals surface area contributed by atoms with Crippen LogP contribution in [0.3, 0.4) is 0 Å². The minimum atomic E-state index is -0.631. The number of amides is 3. The number of Topliss-reactive ketones (excluding diaryl/α,β-unsaturated/α-hetero) is 1. The quantitative estimate of drug-likeness (QED) is 0.220. The number of carbonyl (C=O) groups is 4. The first-order chi connectivity index (χ1) is 23.8. The molecule has 2 atom stereocenters. The number of hydrogen-bond acceptors (Lipinski definition) is 6. The fourth-order valence-electron chi connectivity index (χ4n) is 5.60. The summed E-state index contributed by atoms with van der Waals surface area (Å²) in [5.41, 5.74) is -0.267. The van der Waals surface area contributed by atoms with Crippen molar-refractivity contribution in [3.05, 3.63) is 63.6 Å². The summed E-state index contributed by atoms with van der Waals surface area (Å²) in [4.78, 5) is 56.8. The van der Waals surface area contributed by atoms with Crippen molar-refractivity contribution in [1.82, 2.24) is 9.80 Å². The summed E-state index contributed by atoms with van der Waals surface area (Å²) in [5, 5.41) is 0.374. The largest absolute Gasteiger partial charge is 0.444 e. The molecule has 2 heterocycles. The third-order valence-electron chi connectivity index (χ3n) is 7.90. The third-order valence-corrected chi connectivity index (χ3v) is 8.55. The lowest BCUT2D eigenvalue weighted by molar-refractivity contribution is -0.125. The Bertz CT molecular complexity index is 1520. The van der Waals surface area contributed by atoms with Gasteiger partial charge < -0.3 is 14.4 Å². The fourth-order valence-corrected chi connectivity index (χ4v) is 6.13. The normalized spacial score (nSPS) is 17.6. The lowest BCUT2D eigenvalue weighted by Crippen LogP contribution is -2.53. The number of carbonyl (C=O) groups excluding carboxylic acids is 4. The second-order valence-corrected chi connectivity index (χ2v) is 15.1. The predicted molar refractivity (Wildman–Crippen MR) is 206 cm³/mol. The molecule has 0 radical (unpaired) electrons. The van der Waals surface area contributed by atoms with E-state index >= 15 is 0 Å². The number of anilines is 1. The van der Waals surface area contributed by atoms with Crippen molar-refractivity contribution in [2.75, 3.05) is 30.0 Å². The topological polar surface area (TPSA) is 96.5 Å². The lowest BCUT2D eigenvalue weighted by Gasteiger charge is -2.37. The van der Waals surface area contributed by atoms with Gasteiger partial charge in [0.2, 0.25) is 5.91 Å². The van der Waals surface area contributed by atoms with Crippen LogP contribution in [0.2, 0.25) is 10.0 Å². The zero-order chi connectivity index (χ0) is 38.7. The van der Waals surface area contributed by atoms with Crippen LogP contribution in [-0.2, 0) is 25.5 Å². The molecule has 2 aromatic carbocycles.